The van der Waals surface area contributed by atoms with E-state index in [4.69, 9.17) is 0 Å². The minimum absolute atomic E-state index is 0.309. The Morgan fingerprint density at radius 1 is 1.00 bits per heavy atom. The van der Waals surface area contributed by atoms with Crippen LogP contribution in [0.2, 0.25) is 0 Å². The highest BCUT2D eigenvalue weighted by molar-refractivity contribution is 5.12. The van der Waals surface area contributed by atoms with Crippen LogP contribution < -0.4 is 5.69 Å². The third kappa shape index (κ3) is 1.83. The maximum Gasteiger partial charge on any atom is 0.328 e. The van der Waals surface area contributed by atoms with Gasteiger partial charge in [0.05, 0.1) is 0 Å². The van der Waals surface area contributed by atoms with Crippen molar-refractivity contribution in [2.24, 2.45) is 23.7 Å². The van der Waals surface area contributed by atoms with Crippen LogP contribution in [0.25, 0.3) is 0 Å². The van der Waals surface area contributed by atoms with Crippen molar-refractivity contribution in [1.29, 1.82) is 0 Å². The molecule has 120 valence electrons. The Hall–Kier alpha value is -0.990. The van der Waals surface area contributed by atoms with Gasteiger partial charge < -0.3 is 0 Å². The molecule has 5 aliphatic rings. The van der Waals surface area contributed by atoms with Crippen LogP contribution in [0.4, 0.5) is 0 Å². The summed E-state index contributed by atoms with van der Waals surface area (Å²) in [6, 6.07) is 1.01. The molecule has 1 aromatic rings. The van der Waals surface area contributed by atoms with E-state index in [1.807, 2.05) is 0 Å². The van der Waals surface area contributed by atoms with Crippen molar-refractivity contribution in [2.45, 2.75) is 76.8 Å². The molecule has 6 rings (SSSR count). The van der Waals surface area contributed by atoms with E-state index >= 15 is 0 Å². The molecule has 0 unspecified atom stereocenters. The molecule has 22 heavy (non-hydrogen) atoms. The van der Waals surface area contributed by atoms with Gasteiger partial charge in [-0.3, -0.25) is 9.13 Å². The second kappa shape index (κ2) is 4.52. The van der Waals surface area contributed by atoms with Crippen LogP contribution in [0.1, 0.15) is 82.5 Å². The smallest absolute Gasteiger partial charge is 0.295 e. The molecule has 5 saturated carbocycles. The van der Waals surface area contributed by atoms with Gasteiger partial charge in [-0.15, -0.1) is 0 Å². The minimum Gasteiger partial charge on any atom is -0.295 e. The van der Waals surface area contributed by atoms with E-state index in [2.05, 4.69) is 29.2 Å². The first-order valence-electron chi connectivity index (χ1n) is 9.45. The van der Waals surface area contributed by atoms with Crippen molar-refractivity contribution in [3.05, 3.63) is 22.4 Å². The molecule has 0 atom stereocenters. The van der Waals surface area contributed by atoms with Gasteiger partial charge in [0.25, 0.3) is 0 Å². The van der Waals surface area contributed by atoms with Crippen LogP contribution in [0.5, 0.6) is 0 Å². The van der Waals surface area contributed by atoms with Crippen molar-refractivity contribution < 1.29 is 0 Å². The zero-order valence-corrected chi connectivity index (χ0v) is 13.9. The Morgan fingerprint density at radius 2 is 1.59 bits per heavy atom. The first kappa shape index (κ1) is 13.4. The van der Waals surface area contributed by atoms with Crippen molar-refractivity contribution in [3.8, 4) is 0 Å². The lowest BCUT2D eigenvalue weighted by Gasteiger charge is -2.54. The van der Waals surface area contributed by atoms with E-state index < -0.39 is 0 Å². The quantitative estimate of drug-likeness (QED) is 0.825. The fourth-order valence-electron chi connectivity index (χ4n) is 6.19. The number of aromatic nitrogens is 2. The van der Waals surface area contributed by atoms with Gasteiger partial charge >= 0.3 is 5.69 Å². The summed E-state index contributed by atoms with van der Waals surface area (Å²) in [4.78, 5) is 13.1. The predicted molar refractivity (Wildman–Crippen MR) is 87.1 cm³/mol. The van der Waals surface area contributed by atoms with Crippen LogP contribution in [0.3, 0.4) is 0 Å². The van der Waals surface area contributed by atoms with Gasteiger partial charge in [-0.05, 0) is 74.5 Å². The van der Waals surface area contributed by atoms with Crippen LogP contribution in [0.15, 0.2) is 11.0 Å². The van der Waals surface area contributed by atoms with E-state index in [1.165, 1.54) is 50.6 Å². The van der Waals surface area contributed by atoms with E-state index in [0.717, 1.165) is 23.7 Å². The molecule has 0 amide bonds. The Morgan fingerprint density at radius 3 is 2.09 bits per heavy atom. The predicted octanol–water partition coefficient (Wildman–Crippen LogP) is 4.11. The molecule has 5 aliphatic carbocycles. The van der Waals surface area contributed by atoms with E-state index in [9.17, 15) is 4.79 Å². The molecule has 0 spiro atoms. The van der Waals surface area contributed by atoms with E-state index in [0.29, 0.717) is 23.7 Å². The topological polar surface area (TPSA) is 26.9 Å². The highest BCUT2D eigenvalue weighted by Gasteiger charge is 2.49. The van der Waals surface area contributed by atoms with Gasteiger partial charge in [0.1, 0.15) is 0 Å². The summed E-state index contributed by atoms with van der Waals surface area (Å²) in [7, 11) is 0. The van der Waals surface area contributed by atoms with Crippen molar-refractivity contribution in [2.75, 3.05) is 0 Å². The zero-order valence-electron chi connectivity index (χ0n) is 13.9. The Labute approximate surface area is 132 Å². The second-order valence-corrected chi connectivity index (χ2v) is 8.92. The molecule has 4 bridgehead atoms. The monoisotopic (exact) mass is 300 g/mol. The summed E-state index contributed by atoms with van der Waals surface area (Å²) >= 11 is 0. The second-order valence-electron chi connectivity index (χ2n) is 8.92. The SMILES string of the molecule is CC(C)c1cn(C2C3CC4CC(C3)CC2C4)c(=O)n1C1CC1. The third-order valence-electron chi connectivity index (χ3n) is 6.98. The van der Waals surface area contributed by atoms with Gasteiger partial charge in [0.15, 0.2) is 0 Å². The number of nitrogens with zero attached hydrogens (tertiary/aromatic N) is 2. The number of imidazole rings is 1. The van der Waals surface area contributed by atoms with Gasteiger partial charge in [-0.25, -0.2) is 4.79 Å². The lowest BCUT2D eigenvalue weighted by molar-refractivity contribution is -0.0305. The molecule has 1 aromatic heterocycles. The molecule has 0 radical (unpaired) electrons. The minimum atomic E-state index is 0.309. The van der Waals surface area contributed by atoms with Crippen LogP contribution in [-0.2, 0) is 0 Å². The van der Waals surface area contributed by atoms with Gasteiger partial charge in [0, 0.05) is 24.0 Å². The molecule has 5 fully saturated rings. The van der Waals surface area contributed by atoms with Gasteiger partial charge in [0.2, 0.25) is 0 Å². The average molecular weight is 300 g/mol. The standard InChI is InChI=1S/C19H28N2O/c1-11(2)17-10-20(19(22)21(17)16-3-4-16)18-14-6-12-5-13(8-14)9-15(18)7-12/h10-16,18H,3-9H2,1-2H3. The molecule has 0 saturated heterocycles. The van der Waals surface area contributed by atoms with Crippen LogP contribution in [-0.4, -0.2) is 9.13 Å². The van der Waals surface area contributed by atoms with Crippen LogP contribution >= 0.6 is 0 Å². The van der Waals surface area contributed by atoms with E-state index in [-0.39, 0.29) is 0 Å². The molecule has 0 N–H and O–H groups in total. The molecule has 3 heteroatoms. The Bertz CT molecular complexity index is 621. The molecule has 3 nitrogen and oxygen atoms in total. The van der Waals surface area contributed by atoms with Crippen molar-refractivity contribution in [1.82, 2.24) is 9.13 Å². The summed E-state index contributed by atoms with van der Waals surface area (Å²) in [5, 5.41) is 0. The van der Waals surface area contributed by atoms with Gasteiger partial charge in [-0.1, -0.05) is 13.8 Å². The lowest BCUT2D eigenvalue weighted by atomic mass is 9.54. The highest BCUT2D eigenvalue weighted by Crippen LogP contribution is 2.58. The van der Waals surface area contributed by atoms with Crippen LogP contribution in [0, 0.1) is 23.7 Å². The Balaban J connectivity index is 1.58. The first-order chi connectivity index (χ1) is 10.6. The fraction of sp³-hybridized carbons (Fsp3) is 0.842. The molecular formula is C19H28N2O. The normalized spacial score (nSPS) is 39.9. The lowest BCUT2D eigenvalue weighted by Crippen LogP contribution is -2.48. The number of hydrogen-bond acceptors (Lipinski definition) is 1. The largest absolute Gasteiger partial charge is 0.328 e. The Kier molecular flexibility index (Phi) is 2.76. The summed E-state index contributed by atoms with van der Waals surface area (Å²) in [6.07, 6.45) is 11.7. The maximum atomic E-state index is 13.1. The fourth-order valence-corrected chi connectivity index (χ4v) is 6.19. The highest BCUT2D eigenvalue weighted by atomic mass is 16.2. The number of rotatable bonds is 3. The van der Waals surface area contributed by atoms with Crippen molar-refractivity contribution >= 4 is 0 Å². The summed E-state index contributed by atoms with van der Waals surface area (Å²) in [5.41, 5.74) is 1.59. The molecule has 0 aromatic carbocycles. The third-order valence-corrected chi connectivity index (χ3v) is 6.98. The molecule has 1 heterocycles. The van der Waals surface area contributed by atoms with E-state index in [1.54, 1.807) is 0 Å². The summed E-state index contributed by atoms with van der Waals surface area (Å²) in [5.74, 6) is 3.97. The van der Waals surface area contributed by atoms with Crippen molar-refractivity contribution in [3.63, 3.8) is 0 Å². The maximum absolute atomic E-state index is 13.1. The summed E-state index contributed by atoms with van der Waals surface area (Å²) in [6.45, 7) is 4.46. The zero-order chi connectivity index (χ0) is 15.0. The molecular weight excluding hydrogens is 272 g/mol. The average Bonchev–Trinajstić information content (AvgIpc) is 3.22. The summed E-state index contributed by atoms with van der Waals surface area (Å²) < 4.78 is 4.34. The molecule has 0 aliphatic heterocycles. The van der Waals surface area contributed by atoms with Gasteiger partial charge in [-0.2, -0.15) is 0 Å². The number of hydrogen-bond donors (Lipinski definition) is 0. The first-order valence-corrected chi connectivity index (χ1v) is 9.45.